The first-order chi connectivity index (χ1) is 12.6. The van der Waals surface area contributed by atoms with Crippen LogP contribution in [0.25, 0.3) is 0 Å². The number of imidazole rings is 1. The Labute approximate surface area is 153 Å². The molecule has 0 aromatic carbocycles. The van der Waals surface area contributed by atoms with Crippen LogP contribution in [0, 0.1) is 12.3 Å². The highest BCUT2D eigenvalue weighted by atomic mass is 16.5. The highest BCUT2D eigenvalue weighted by Crippen LogP contribution is 2.40. The first kappa shape index (κ1) is 17.3. The lowest BCUT2D eigenvalue weighted by Gasteiger charge is -2.47. The third-order valence-electron chi connectivity index (χ3n) is 5.93. The van der Waals surface area contributed by atoms with E-state index in [1.54, 1.807) is 6.33 Å². The predicted molar refractivity (Wildman–Crippen MR) is 96.3 cm³/mol. The number of carbonyl (C=O) groups is 1. The van der Waals surface area contributed by atoms with Crippen molar-refractivity contribution in [1.29, 1.82) is 0 Å². The van der Waals surface area contributed by atoms with Crippen LogP contribution < -0.4 is 0 Å². The molecule has 0 unspecified atom stereocenters. The van der Waals surface area contributed by atoms with Gasteiger partial charge in [0.25, 0.3) is 0 Å². The van der Waals surface area contributed by atoms with Gasteiger partial charge < -0.3 is 14.4 Å². The summed E-state index contributed by atoms with van der Waals surface area (Å²) in [5.41, 5.74) is 2.32. The second-order valence-corrected chi connectivity index (χ2v) is 7.85. The van der Waals surface area contributed by atoms with E-state index in [1.807, 2.05) is 19.2 Å². The minimum Gasteiger partial charge on any atom is -0.360 e. The number of amides is 1. The molecule has 0 saturated carbocycles. The van der Waals surface area contributed by atoms with Gasteiger partial charge in [0.1, 0.15) is 0 Å². The topological polar surface area (TPSA) is 78.3 Å². The lowest BCUT2D eigenvalue weighted by molar-refractivity contribution is -0.139. The van der Waals surface area contributed by atoms with Gasteiger partial charge in [0.15, 0.2) is 5.76 Å². The summed E-state index contributed by atoms with van der Waals surface area (Å²) in [5, 5.41) is 3.97. The molecule has 2 aromatic rings. The van der Waals surface area contributed by atoms with Crippen molar-refractivity contribution in [3.8, 4) is 0 Å². The van der Waals surface area contributed by atoms with Gasteiger partial charge in [0.05, 0.1) is 18.6 Å². The Morgan fingerprint density at radius 3 is 2.85 bits per heavy atom. The van der Waals surface area contributed by atoms with Crippen LogP contribution in [0.2, 0.25) is 0 Å². The van der Waals surface area contributed by atoms with E-state index < -0.39 is 0 Å². The van der Waals surface area contributed by atoms with Crippen LogP contribution in [0.5, 0.6) is 0 Å². The third kappa shape index (κ3) is 3.82. The first-order valence-corrected chi connectivity index (χ1v) is 9.52. The molecule has 1 spiro atoms. The number of rotatable bonds is 5. The van der Waals surface area contributed by atoms with Crippen LogP contribution in [-0.4, -0.2) is 57.0 Å². The van der Waals surface area contributed by atoms with Gasteiger partial charge in [0.2, 0.25) is 5.91 Å². The van der Waals surface area contributed by atoms with Crippen molar-refractivity contribution in [3.05, 3.63) is 35.7 Å². The van der Waals surface area contributed by atoms with Crippen LogP contribution in [0.3, 0.4) is 0 Å². The van der Waals surface area contributed by atoms with E-state index in [-0.39, 0.29) is 5.41 Å². The molecule has 2 saturated heterocycles. The Hall–Kier alpha value is -2.15. The average molecular weight is 357 g/mol. The summed E-state index contributed by atoms with van der Waals surface area (Å²) in [7, 11) is 0. The monoisotopic (exact) mass is 357 g/mol. The Morgan fingerprint density at radius 1 is 1.31 bits per heavy atom. The number of aryl methyl sites for hydroxylation is 1. The number of H-pyrrole nitrogens is 1. The van der Waals surface area contributed by atoms with Crippen LogP contribution in [0.15, 0.2) is 23.1 Å². The van der Waals surface area contributed by atoms with Crippen molar-refractivity contribution in [2.24, 2.45) is 5.41 Å². The van der Waals surface area contributed by atoms with Gasteiger partial charge in [-0.05, 0) is 44.7 Å². The number of hydrogen-bond acceptors (Lipinski definition) is 5. The molecule has 0 aliphatic carbocycles. The molecule has 2 aliphatic heterocycles. The van der Waals surface area contributed by atoms with Crippen molar-refractivity contribution in [1.82, 2.24) is 24.9 Å². The zero-order valence-corrected chi connectivity index (χ0v) is 15.4. The van der Waals surface area contributed by atoms with E-state index in [1.165, 1.54) is 0 Å². The average Bonchev–Trinajstić information content (AvgIpc) is 3.30. The fraction of sp³-hybridized carbons (Fsp3) is 0.632. The van der Waals surface area contributed by atoms with Gasteiger partial charge in [-0.15, -0.1) is 0 Å². The normalized spacial score (nSPS) is 20.8. The summed E-state index contributed by atoms with van der Waals surface area (Å²) in [4.78, 5) is 24.0. The molecule has 0 radical (unpaired) electrons. The molecule has 7 nitrogen and oxygen atoms in total. The molecule has 0 bridgehead atoms. The lowest BCUT2D eigenvalue weighted by atomic mass is 9.72. The Morgan fingerprint density at radius 2 is 2.15 bits per heavy atom. The summed E-state index contributed by atoms with van der Waals surface area (Å²) in [6, 6.07) is 2.01. The van der Waals surface area contributed by atoms with Gasteiger partial charge in [0, 0.05) is 43.9 Å². The minimum atomic E-state index is 0.287. The van der Waals surface area contributed by atoms with E-state index in [2.05, 4.69) is 24.9 Å². The maximum absolute atomic E-state index is 12.4. The standard InChI is InChI=1S/C19H27N5O2/c1-15-10-17(26-22-15)12-23-8-5-19(6-9-23)4-2-18(25)24(13-19)7-3-16-11-20-14-21-16/h10-11,14H,2-9,12-13H2,1H3,(H,20,21). The minimum absolute atomic E-state index is 0.287. The molecule has 26 heavy (non-hydrogen) atoms. The smallest absolute Gasteiger partial charge is 0.222 e. The van der Waals surface area contributed by atoms with Crippen LogP contribution in [0.1, 0.15) is 42.8 Å². The van der Waals surface area contributed by atoms with Crippen molar-refractivity contribution in [2.45, 2.75) is 45.6 Å². The number of carbonyl (C=O) groups excluding carboxylic acids is 1. The molecule has 2 aromatic heterocycles. The number of aromatic amines is 1. The summed E-state index contributed by atoms with van der Waals surface area (Å²) >= 11 is 0. The predicted octanol–water partition coefficient (Wildman–Crippen LogP) is 2.15. The lowest BCUT2D eigenvalue weighted by Crippen LogP contribution is -2.51. The highest BCUT2D eigenvalue weighted by molar-refractivity contribution is 5.77. The fourth-order valence-electron chi connectivity index (χ4n) is 4.29. The van der Waals surface area contributed by atoms with E-state index in [0.717, 1.165) is 75.6 Å². The van der Waals surface area contributed by atoms with E-state index in [9.17, 15) is 4.79 Å². The zero-order valence-electron chi connectivity index (χ0n) is 15.4. The third-order valence-corrected chi connectivity index (χ3v) is 5.93. The quantitative estimate of drug-likeness (QED) is 0.887. The Kier molecular flexibility index (Phi) is 4.80. The molecule has 4 rings (SSSR count). The molecular weight excluding hydrogens is 330 g/mol. The summed E-state index contributed by atoms with van der Waals surface area (Å²) in [6.07, 6.45) is 8.39. The number of nitrogens with one attached hydrogen (secondary N) is 1. The van der Waals surface area contributed by atoms with Gasteiger partial charge >= 0.3 is 0 Å². The maximum atomic E-state index is 12.4. The Bertz CT molecular complexity index is 731. The molecular formula is C19H27N5O2. The highest BCUT2D eigenvalue weighted by Gasteiger charge is 2.40. The second kappa shape index (κ2) is 7.23. The zero-order chi connectivity index (χ0) is 18.0. The van der Waals surface area contributed by atoms with Crippen molar-refractivity contribution >= 4 is 5.91 Å². The van der Waals surface area contributed by atoms with E-state index in [0.29, 0.717) is 12.3 Å². The summed E-state index contributed by atoms with van der Waals surface area (Å²) in [5.74, 6) is 1.24. The van der Waals surface area contributed by atoms with Gasteiger partial charge in [-0.3, -0.25) is 9.69 Å². The molecule has 1 N–H and O–H groups in total. The molecule has 2 aliphatic rings. The van der Waals surface area contributed by atoms with E-state index >= 15 is 0 Å². The first-order valence-electron chi connectivity index (χ1n) is 9.52. The van der Waals surface area contributed by atoms with Crippen LogP contribution in [-0.2, 0) is 17.8 Å². The van der Waals surface area contributed by atoms with Crippen molar-refractivity contribution < 1.29 is 9.32 Å². The van der Waals surface area contributed by atoms with Gasteiger partial charge in [-0.2, -0.15) is 0 Å². The number of piperidine rings is 2. The molecule has 4 heterocycles. The Balaban J connectivity index is 1.31. The number of nitrogens with zero attached hydrogens (tertiary/aromatic N) is 4. The second-order valence-electron chi connectivity index (χ2n) is 7.85. The molecule has 7 heteroatoms. The van der Waals surface area contributed by atoms with Crippen molar-refractivity contribution in [2.75, 3.05) is 26.2 Å². The SMILES string of the molecule is Cc1cc(CN2CCC3(CCC(=O)N(CCc4cnc[nH]4)C3)CC2)on1. The number of hydrogen-bond donors (Lipinski definition) is 1. The maximum Gasteiger partial charge on any atom is 0.222 e. The number of likely N-dealkylation sites (tertiary alicyclic amines) is 2. The fourth-order valence-corrected chi connectivity index (χ4v) is 4.29. The molecule has 2 fully saturated rings. The van der Waals surface area contributed by atoms with Gasteiger partial charge in [-0.25, -0.2) is 4.98 Å². The van der Waals surface area contributed by atoms with Crippen LogP contribution >= 0.6 is 0 Å². The molecule has 1 amide bonds. The number of aromatic nitrogens is 3. The summed E-state index contributed by atoms with van der Waals surface area (Å²) < 4.78 is 5.35. The molecule has 0 atom stereocenters. The van der Waals surface area contributed by atoms with Crippen LogP contribution in [0.4, 0.5) is 0 Å². The molecule has 140 valence electrons. The largest absolute Gasteiger partial charge is 0.360 e. The van der Waals surface area contributed by atoms with Crippen molar-refractivity contribution in [3.63, 3.8) is 0 Å². The van der Waals surface area contributed by atoms with E-state index in [4.69, 9.17) is 4.52 Å². The summed E-state index contributed by atoms with van der Waals surface area (Å²) in [6.45, 7) is 6.58. The van der Waals surface area contributed by atoms with Gasteiger partial charge in [-0.1, -0.05) is 5.16 Å².